The number of aliphatic hydroxyl groups excluding tert-OH is 1. The average molecular weight is 265 g/mol. The van der Waals surface area contributed by atoms with Gasteiger partial charge in [-0.15, -0.1) is 0 Å². The van der Waals surface area contributed by atoms with Gasteiger partial charge in [0.1, 0.15) is 17.9 Å². The first-order valence-corrected chi connectivity index (χ1v) is 5.96. The molecule has 102 valence electrons. The standard InChI is InChI=1S/C11H15N5O3/c1-18-7-2-6(3-17)19-11(7)16-5-15-8-9(12)13-4-14-10(8)16/h4-7,11,17H,2-3H2,1H3,(H2,12,13,14). The molecule has 0 saturated carbocycles. The molecule has 3 N–H and O–H groups in total. The number of methoxy groups -OCH3 is 1. The normalized spacial score (nSPS) is 27.2. The number of nitrogens with zero attached hydrogens (tertiary/aromatic N) is 4. The first-order chi connectivity index (χ1) is 9.24. The molecule has 3 heterocycles. The molecule has 3 rings (SSSR count). The van der Waals surface area contributed by atoms with Gasteiger partial charge in [0.2, 0.25) is 0 Å². The maximum absolute atomic E-state index is 9.20. The van der Waals surface area contributed by atoms with E-state index in [1.54, 1.807) is 18.0 Å². The molecule has 1 fully saturated rings. The van der Waals surface area contributed by atoms with Crippen LogP contribution in [0.3, 0.4) is 0 Å². The molecule has 1 saturated heterocycles. The van der Waals surface area contributed by atoms with Crippen LogP contribution < -0.4 is 5.73 Å². The third kappa shape index (κ3) is 1.93. The van der Waals surface area contributed by atoms with Crippen LogP contribution in [0.1, 0.15) is 12.6 Å². The van der Waals surface area contributed by atoms with E-state index in [4.69, 9.17) is 15.2 Å². The van der Waals surface area contributed by atoms with Crippen LogP contribution in [0.2, 0.25) is 0 Å². The second-order valence-corrected chi connectivity index (χ2v) is 4.42. The lowest BCUT2D eigenvalue weighted by Gasteiger charge is -2.18. The maximum Gasteiger partial charge on any atom is 0.167 e. The fraction of sp³-hybridized carbons (Fsp3) is 0.545. The number of anilines is 1. The van der Waals surface area contributed by atoms with Gasteiger partial charge < -0.3 is 20.3 Å². The first kappa shape index (κ1) is 12.3. The molecule has 19 heavy (non-hydrogen) atoms. The Hall–Kier alpha value is -1.77. The minimum absolute atomic E-state index is 0.0416. The summed E-state index contributed by atoms with van der Waals surface area (Å²) < 4.78 is 12.9. The van der Waals surface area contributed by atoms with Gasteiger partial charge in [-0.3, -0.25) is 4.57 Å². The lowest BCUT2D eigenvalue weighted by Crippen LogP contribution is -2.21. The summed E-state index contributed by atoms with van der Waals surface area (Å²) in [6, 6.07) is 0. The van der Waals surface area contributed by atoms with Crippen LogP contribution in [0.25, 0.3) is 11.2 Å². The number of nitrogens with two attached hydrogens (primary N) is 1. The highest BCUT2D eigenvalue weighted by Gasteiger charge is 2.37. The number of aliphatic hydroxyl groups is 1. The zero-order valence-corrected chi connectivity index (χ0v) is 10.4. The molecule has 0 aliphatic carbocycles. The molecule has 2 aromatic rings. The van der Waals surface area contributed by atoms with E-state index in [0.717, 1.165) is 0 Å². The summed E-state index contributed by atoms with van der Waals surface area (Å²) in [5, 5.41) is 9.20. The zero-order valence-electron chi connectivity index (χ0n) is 10.4. The van der Waals surface area contributed by atoms with Gasteiger partial charge in [-0.05, 0) is 0 Å². The Kier molecular flexibility index (Phi) is 3.05. The predicted molar refractivity (Wildman–Crippen MR) is 66.1 cm³/mol. The second-order valence-electron chi connectivity index (χ2n) is 4.42. The Bertz CT molecular complexity index is 587. The molecule has 1 aliphatic heterocycles. The van der Waals surface area contributed by atoms with Crippen molar-refractivity contribution in [3.8, 4) is 0 Å². The summed E-state index contributed by atoms with van der Waals surface area (Å²) >= 11 is 0. The molecule has 0 amide bonds. The van der Waals surface area contributed by atoms with Gasteiger partial charge in [0.05, 0.1) is 19.0 Å². The number of rotatable bonds is 3. The summed E-state index contributed by atoms with van der Waals surface area (Å²) in [6.07, 6.45) is 2.83. The summed E-state index contributed by atoms with van der Waals surface area (Å²) in [6.45, 7) is -0.0416. The van der Waals surface area contributed by atoms with Crippen molar-refractivity contribution in [3.63, 3.8) is 0 Å². The van der Waals surface area contributed by atoms with Gasteiger partial charge in [0.15, 0.2) is 17.7 Å². The van der Waals surface area contributed by atoms with Gasteiger partial charge in [0, 0.05) is 13.5 Å². The number of hydrogen-bond donors (Lipinski definition) is 2. The lowest BCUT2D eigenvalue weighted by molar-refractivity contribution is -0.0583. The smallest absolute Gasteiger partial charge is 0.167 e. The highest BCUT2D eigenvalue weighted by atomic mass is 16.6. The molecular formula is C11H15N5O3. The number of ether oxygens (including phenoxy) is 2. The van der Waals surface area contributed by atoms with Crippen molar-refractivity contribution in [2.75, 3.05) is 19.5 Å². The summed E-state index contributed by atoms with van der Waals surface area (Å²) in [5.41, 5.74) is 6.88. The van der Waals surface area contributed by atoms with Crippen LogP contribution in [0.5, 0.6) is 0 Å². The van der Waals surface area contributed by atoms with Crippen LogP contribution in [-0.4, -0.2) is 50.6 Å². The molecule has 8 nitrogen and oxygen atoms in total. The largest absolute Gasteiger partial charge is 0.394 e. The first-order valence-electron chi connectivity index (χ1n) is 5.96. The molecule has 0 aromatic carbocycles. The van der Waals surface area contributed by atoms with Crippen LogP contribution in [0.4, 0.5) is 5.82 Å². The van der Waals surface area contributed by atoms with Gasteiger partial charge >= 0.3 is 0 Å². The fourth-order valence-electron chi connectivity index (χ4n) is 2.35. The maximum atomic E-state index is 9.20. The van der Waals surface area contributed by atoms with Crippen molar-refractivity contribution in [2.45, 2.75) is 24.9 Å². The van der Waals surface area contributed by atoms with E-state index in [1.807, 2.05) is 0 Å². The van der Waals surface area contributed by atoms with E-state index >= 15 is 0 Å². The van der Waals surface area contributed by atoms with E-state index in [2.05, 4.69) is 15.0 Å². The van der Waals surface area contributed by atoms with Gasteiger partial charge in [-0.25, -0.2) is 15.0 Å². The Morgan fingerprint density at radius 1 is 1.53 bits per heavy atom. The topological polar surface area (TPSA) is 108 Å². The third-order valence-electron chi connectivity index (χ3n) is 3.31. The number of nitrogen functional groups attached to an aromatic ring is 1. The monoisotopic (exact) mass is 265 g/mol. The molecule has 0 radical (unpaired) electrons. The molecule has 2 aromatic heterocycles. The Morgan fingerprint density at radius 2 is 2.37 bits per heavy atom. The van der Waals surface area contributed by atoms with Crippen molar-refractivity contribution in [1.82, 2.24) is 19.5 Å². The van der Waals surface area contributed by atoms with Crippen LogP contribution in [-0.2, 0) is 9.47 Å². The number of fused-ring (bicyclic) bond motifs is 1. The number of aromatic nitrogens is 4. The molecule has 1 aliphatic rings. The quantitative estimate of drug-likeness (QED) is 0.784. The Balaban J connectivity index is 2.02. The second kappa shape index (κ2) is 4.72. The van der Waals surface area contributed by atoms with Gasteiger partial charge in [-0.1, -0.05) is 0 Å². The number of imidazole rings is 1. The highest BCUT2D eigenvalue weighted by molar-refractivity contribution is 5.81. The fourth-order valence-corrected chi connectivity index (χ4v) is 2.35. The zero-order chi connectivity index (χ0) is 13.4. The molecule has 3 atom stereocenters. The Labute approximate surface area is 109 Å². The van der Waals surface area contributed by atoms with Gasteiger partial charge in [-0.2, -0.15) is 0 Å². The van der Waals surface area contributed by atoms with Crippen molar-refractivity contribution in [3.05, 3.63) is 12.7 Å². The van der Waals surface area contributed by atoms with E-state index in [1.165, 1.54) is 6.33 Å². The summed E-state index contributed by atoms with van der Waals surface area (Å²) in [4.78, 5) is 12.3. The molecule has 0 bridgehead atoms. The van der Waals surface area contributed by atoms with Crippen molar-refractivity contribution < 1.29 is 14.6 Å². The lowest BCUT2D eigenvalue weighted by atomic mass is 10.2. The van der Waals surface area contributed by atoms with Crippen molar-refractivity contribution in [1.29, 1.82) is 0 Å². The van der Waals surface area contributed by atoms with Crippen LogP contribution in [0.15, 0.2) is 12.7 Å². The summed E-state index contributed by atoms with van der Waals surface area (Å²) in [5.74, 6) is 0.328. The third-order valence-corrected chi connectivity index (χ3v) is 3.31. The Morgan fingerprint density at radius 3 is 3.11 bits per heavy atom. The van der Waals surface area contributed by atoms with E-state index in [0.29, 0.717) is 23.4 Å². The van der Waals surface area contributed by atoms with Crippen LogP contribution in [0, 0.1) is 0 Å². The minimum atomic E-state index is -0.374. The predicted octanol–water partition coefficient (Wildman–Crippen LogP) is -0.297. The molecule has 3 unspecified atom stereocenters. The van der Waals surface area contributed by atoms with E-state index < -0.39 is 0 Å². The van der Waals surface area contributed by atoms with Crippen molar-refractivity contribution >= 4 is 17.0 Å². The van der Waals surface area contributed by atoms with Gasteiger partial charge in [0.25, 0.3) is 0 Å². The average Bonchev–Trinajstić information content (AvgIpc) is 3.02. The summed E-state index contributed by atoms with van der Waals surface area (Å²) in [7, 11) is 1.61. The molecule has 8 heteroatoms. The SMILES string of the molecule is COC1CC(CO)OC1n1cnc2c(N)ncnc21. The molecule has 0 spiro atoms. The molecular weight excluding hydrogens is 250 g/mol. The number of hydrogen-bond acceptors (Lipinski definition) is 7. The van der Waals surface area contributed by atoms with E-state index in [-0.39, 0.29) is 25.0 Å². The highest BCUT2D eigenvalue weighted by Crippen LogP contribution is 2.32. The van der Waals surface area contributed by atoms with E-state index in [9.17, 15) is 5.11 Å². The van der Waals surface area contributed by atoms with Crippen LogP contribution >= 0.6 is 0 Å². The van der Waals surface area contributed by atoms with Crippen molar-refractivity contribution in [2.24, 2.45) is 0 Å². The minimum Gasteiger partial charge on any atom is -0.394 e.